The lowest BCUT2D eigenvalue weighted by Gasteiger charge is -2.33. The van der Waals surface area contributed by atoms with Crippen molar-refractivity contribution in [2.24, 2.45) is 0 Å². The second-order valence-electron chi connectivity index (χ2n) is 5.62. The van der Waals surface area contributed by atoms with Crippen molar-refractivity contribution in [3.05, 3.63) is 11.9 Å². The van der Waals surface area contributed by atoms with Gasteiger partial charge >= 0.3 is 0 Å². The van der Waals surface area contributed by atoms with Crippen molar-refractivity contribution in [1.29, 1.82) is 0 Å². The molecule has 1 aliphatic rings. The monoisotopic (exact) mass is 236 g/mol. The molecule has 1 aliphatic heterocycles. The highest BCUT2D eigenvalue weighted by molar-refractivity contribution is 5.04. The molecule has 0 unspecified atom stereocenters. The highest BCUT2D eigenvalue weighted by Gasteiger charge is 2.24. The van der Waals surface area contributed by atoms with Gasteiger partial charge in [0.25, 0.3) is 0 Å². The molecule has 0 atom stereocenters. The molecule has 1 saturated heterocycles. The highest BCUT2D eigenvalue weighted by atomic mass is 15.4. The Hall–Kier alpha value is -0.900. The maximum Gasteiger partial charge on any atom is 0.0859 e. The lowest BCUT2D eigenvalue weighted by molar-refractivity contribution is 0.171. The van der Waals surface area contributed by atoms with Crippen LogP contribution in [-0.4, -0.2) is 39.0 Å². The summed E-state index contributed by atoms with van der Waals surface area (Å²) in [5.74, 6) is 0.609. The van der Waals surface area contributed by atoms with E-state index in [-0.39, 0.29) is 0 Å². The molecule has 4 heteroatoms. The standard InChI is InChI=1S/C13H24N4/c1-10(2)16-7-5-12(6-8-16)13-9-17(11(3)4)15-14-13/h9-12H,5-8H2,1-4H3. The van der Waals surface area contributed by atoms with Crippen LogP contribution < -0.4 is 0 Å². The number of aromatic nitrogens is 3. The molecule has 2 rings (SSSR count). The fourth-order valence-electron chi connectivity index (χ4n) is 2.44. The fraction of sp³-hybridized carbons (Fsp3) is 0.846. The molecular weight excluding hydrogens is 212 g/mol. The summed E-state index contributed by atoms with van der Waals surface area (Å²) in [6.07, 6.45) is 4.56. The van der Waals surface area contributed by atoms with E-state index in [0.29, 0.717) is 18.0 Å². The van der Waals surface area contributed by atoms with Crippen molar-refractivity contribution >= 4 is 0 Å². The quantitative estimate of drug-likeness (QED) is 0.808. The molecule has 0 aliphatic carbocycles. The van der Waals surface area contributed by atoms with Crippen LogP contribution in [0.3, 0.4) is 0 Å². The molecule has 1 aromatic rings. The topological polar surface area (TPSA) is 34.0 Å². The lowest BCUT2D eigenvalue weighted by atomic mass is 9.93. The van der Waals surface area contributed by atoms with Gasteiger partial charge in [0, 0.05) is 24.2 Å². The van der Waals surface area contributed by atoms with Crippen molar-refractivity contribution < 1.29 is 0 Å². The van der Waals surface area contributed by atoms with Crippen LogP contribution in [0.15, 0.2) is 6.20 Å². The molecule has 0 saturated carbocycles. The van der Waals surface area contributed by atoms with Crippen LogP contribution in [0.4, 0.5) is 0 Å². The molecule has 0 N–H and O–H groups in total. The number of nitrogens with zero attached hydrogens (tertiary/aromatic N) is 4. The first kappa shape index (κ1) is 12.6. The molecule has 96 valence electrons. The van der Waals surface area contributed by atoms with Gasteiger partial charge < -0.3 is 4.90 Å². The van der Waals surface area contributed by atoms with Crippen LogP contribution in [0.5, 0.6) is 0 Å². The molecule has 1 aromatic heterocycles. The Bertz CT molecular complexity index is 348. The van der Waals surface area contributed by atoms with Crippen LogP contribution in [0.1, 0.15) is 58.2 Å². The van der Waals surface area contributed by atoms with Crippen LogP contribution >= 0.6 is 0 Å². The molecule has 0 aromatic carbocycles. The third kappa shape index (κ3) is 2.86. The van der Waals surface area contributed by atoms with E-state index in [1.165, 1.54) is 31.6 Å². The second kappa shape index (κ2) is 5.17. The lowest BCUT2D eigenvalue weighted by Crippen LogP contribution is -2.37. The van der Waals surface area contributed by atoms with Crippen LogP contribution in [0, 0.1) is 0 Å². The summed E-state index contributed by atoms with van der Waals surface area (Å²) >= 11 is 0. The molecule has 1 fully saturated rings. The van der Waals surface area contributed by atoms with E-state index in [1.54, 1.807) is 0 Å². The first-order valence-electron chi connectivity index (χ1n) is 6.73. The summed E-state index contributed by atoms with van der Waals surface area (Å²) in [7, 11) is 0. The van der Waals surface area contributed by atoms with Gasteiger partial charge in [-0.2, -0.15) is 0 Å². The molecular formula is C13H24N4. The van der Waals surface area contributed by atoms with Gasteiger partial charge in [-0.1, -0.05) is 5.21 Å². The second-order valence-corrected chi connectivity index (χ2v) is 5.62. The number of rotatable bonds is 3. The summed E-state index contributed by atoms with van der Waals surface area (Å²) in [4.78, 5) is 2.55. The molecule has 17 heavy (non-hydrogen) atoms. The maximum atomic E-state index is 4.33. The van der Waals surface area contributed by atoms with Crippen LogP contribution in [-0.2, 0) is 0 Å². The van der Waals surface area contributed by atoms with Gasteiger partial charge in [-0.15, -0.1) is 5.10 Å². The Morgan fingerprint density at radius 3 is 2.24 bits per heavy atom. The van der Waals surface area contributed by atoms with Gasteiger partial charge in [-0.25, -0.2) is 4.68 Å². The first-order valence-corrected chi connectivity index (χ1v) is 6.73. The largest absolute Gasteiger partial charge is 0.301 e. The molecule has 0 amide bonds. The van der Waals surface area contributed by atoms with E-state index in [9.17, 15) is 0 Å². The van der Waals surface area contributed by atoms with Gasteiger partial charge in [0.05, 0.1) is 5.69 Å². The summed E-state index contributed by atoms with van der Waals surface area (Å²) in [6, 6.07) is 1.08. The van der Waals surface area contributed by atoms with Crippen molar-refractivity contribution in [2.45, 2.75) is 58.5 Å². The summed E-state index contributed by atoms with van der Waals surface area (Å²) in [6.45, 7) is 11.2. The zero-order valence-electron chi connectivity index (χ0n) is 11.4. The first-order chi connectivity index (χ1) is 8.08. The predicted molar refractivity (Wildman–Crippen MR) is 69.1 cm³/mol. The van der Waals surface area contributed by atoms with Crippen LogP contribution in [0.25, 0.3) is 0 Å². The van der Waals surface area contributed by atoms with E-state index in [1.807, 2.05) is 4.68 Å². The minimum Gasteiger partial charge on any atom is -0.301 e. The van der Waals surface area contributed by atoms with Gasteiger partial charge in [-0.3, -0.25) is 0 Å². The minimum absolute atomic E-state index is 0.409. The Labute approximate surface area is 104 Å². The average Bonchev–Trinajstić information content (AvgIpc) is 2.78. The molecule has 0 bridgehead atoms. The van der Waals surface area contributed by atoms with E-state index >= 15 is 0 Å². The Balaban J connectivity index is 1.96. The fourth-order valence-corrected chi connectivity index (χ4v) is 2.44. The third-order valence-electron chi connectivity index (χ3n) is 3.74. The van der Waals surface area contributed by atoms with Gasteiger partial charge in [-0.05, 0) is 53.6 Å². The van der Waals surface area contributed by atoms with Crippen molar-refractivity contribution in [2.75, 3.05) is 13.1 Å². The number of hydrogen-bond donors (Lipinski definition) is 0. The van der Waals surface area contributed by atoms with Gasteiger partial charge in [0.15, 0.2) is 0 Å². The number of likely N-dealkylation sites (tertiary alicyclic amines) is 1. The van der Waals surface area contributed by atoms with E-state index in [0.717, 1.165) is 0 Å². The summed E-state index contributed by atoms with van der Waals surface area (Å²) in [5, 5.41) is 8.52. The third-order valence-corrected chi connectivity index (χ3v) is 3.74. The smallest absolute Gasteiger partial charge is 0.0859 e. The van der Waals surface area contributed by atoms with Gasteiger partial charge in [0.2, 0.25) is 0 Å². The molecule has 0 radical (unpaired) electrons. The number of piperidine rings is 1. The normalized spacial score (nSPS) is 19.4. The summed E-state index contributed by atoms with van der Waals surface area (Å²) in [5.41, 5.74) is 1.18. The van der Waals surface area contributed by atoms with E-state index < -0.39 is 0 Å². The minimum atomic E-state index is 0.409. The highest BCUT2D eigenvalue weighted by Crippen LogP contribution is 2.27. The SMILES string of the molecule is CC(C)N1CCC(c2cn(C(C)C)nn2)CC1. The van der Waals surface area contributed by atoms with Crippen molar-refractivity contribution in [3.8, 4) is 0 Å². The van der Waals surface area contributed by atoms with E-state index in [4.69, 9.17) is 0 Å². The Kier molecular flexibility index (Phi) is 3.82. The van der Waals surface area contributed by atoms with Crippen molar-refractivity contribution in [3.63, 3.8) is 0 Å². The zero-order valence-corrected chi connectivity index (χ0v) is 11.4. The average molecular weight is 236 g/mol. The van der Waals surface area contributed by atoms with Gasteiger partial charge in [0.1, 0.15) is 0 Å². The Morgan fingerprint density at radius 2 is 1.76 bits per heavy atom. The molecule has 0 spiro atoms. The Morgan fingerprint density at radius 1 is 1.12 bits per heavy atom. The summed E-state index contributed by atoms with van der Waals surface area (Å²) < 4.78 is 1.96. The maximum absolute atomic E-state index is 4.33. The number of hydrogen-bond acceptors (Lipinski definition) is 3. The van der Waals surface area contributed by atoms with Crippen molar-refractivity contribution in [1.82, 2.24) is 19.9 Å². The molecule has 2 heterocycles. The molecule has 4 nitrogen and oxygen atoms in total. The zero-order chi connectivity index (χ0) is 12.4. The van der Waals surface area contributed by atoms with E-state index in [2.05, 4.69) is 49.1 Å². The predicted octanol–water partition coefficient (Wildman–Crippen LogP) is 2.45. The van der Waals surface area contributed by atoms with Crippen LogP contribution in [0.2, 0.25) is 0 Å².